The van der Waals surface area contributed by atoms with Crippen molar-refractivity contribution >= 4 is 25.5 Å². The van der Waals surface area contributed by atoms with Crippen LogP contribution in [-0.4, -0.2) is 76.1 Å². The fraction of sp³-hybridized carbons (Fsp3) is 0.962. The molecular formula is C26H56N3O4PS. The highest BCUT2D eigenvalue weighted by molar-refractivity contribution is 8.13. The predicted molar refractivity (Wildman–Crippen MR) is 153 cm³/mol. The molecule has 210 valence electrons. The lowest BCUT2D eigenvalue weighted by molar-refractivity contribution is -0.152. The topological polar surface area (TPSA) is 63.3 Å². The second-order valence-electron chi connectivity index (χ2n) is 10.0. The summed E-state index contributed by atoms with van der Waals surface area (Å²) in [6.07, 6.45) is 2.34. The minimum absolute atomic E-state index is 0.0147. The first kappa shape index (κ1) is 35.0. The molecule has 1 atom stereocenters. The van der Waals surface area contributed by atoms with Gasteiger partial charge in [-0.2, -0.15) is 0 Å². The number of carbonyl (C=O) groups excluding carboxylic acids is 1. The van der Waals surface area contributed by atoms with Gasteiger partial charge in [0.15, 0.2) is 14.7 Å². The Morgan fingerprint density at radius 3 is 1.66 bits per heavy atom. The highest BCUT2D eigenvalue weighted by atomic mass is 32.2. The minimum Gasteiger partial charge on any atom is -0.351 e. The van der Waals surface area contributed by atoms with Crippen LogP contribution in [0.1, 0.15) is 102 Å². The van der Waals surface area contributed by atoms with E-state index in [9.17, 15) is 4.79 Å². The van der Waals surface area contributed by atoms with Gasteiger partial charge in [-0.1, -0.05) is 32.5 Å². The molecule has 7 nitrogen and oxygen atoms in total. The molecule has 0 rings (SSSR count). The molecule has 35 heavy (non-hydrogen) atoms. The summed E-state index contributed by atoms with van der Waals surface area (Å²) < 4.78 is 23.4. The molecule has 0 aromatic heterocycles. The zero-order valence-corrected chi connectivity index (χ0v) is 26.4. The summed E-state index contributed by atoms with van der Waals surface area (Å²) in [4.78, 5) is 12.5. The molecule has 0 aliphatic heterocycles. The van der Waals surface area contributed by atoms with Crippen LogP contribution in [0, 0.1) is 0 Å². The highest BCUT2D eigenvalue weighted by Crippen LogP contribution is 2.50. The molecule has 0 fully saturated rings. The van der Waals surface area contributed by atoms with E-state index in [4.69, 9.17) is 14.0 Å². The molecule has 1 unspecified atom stereocenters. The van der Waals surface area contributed by atoms with Gasteiger partial charge in [-0.05, 0) is 81.6 Å². The molecule has 0 spiro atoms. The van der Waals surface area contributed by atoms with Crippen LogP contribution in [0.15, 0.2) is 0 Å². The molecular weight excluding hydrogens is 481 g/mol. The number of hydrogen-bond acceptors (Lipinski definition) is 7. The summed E-state index contributed by atoms with van der Waals surface area (Å²) in [6, 6.07) is 1.40. The van der Waals surface area contributed by atoms with E-state index in [1.807, 2.05) is 6.92 Å². The summed E-state index contributed by atoms with van der Waals surface area (Å²) in [6.45, 7) is 27.5. The van der Waals surface area contributed by atoms with Crippen molar-refractivity contribution in [3.8, 4) is 0 Å². The van der Waals surface area contributed by atoms with Gasteiger partial charge in [0.1, 0.15) is 6.61 Å². The summed E-state index contributed by atoms with van der Waals surface area (Å²) >= 11 is 1.28. The van der Waals surface area contributed by atoms with Crippen molar-refractivity contribution in [2.24, 2.45) is 0 Å². The molecule has 1 N–H and O–H groups in total. The van der Waals surface area contributed by atoms with Crippen molar-refractivity contribution in [2.45, 2.75) is 138 Å². The van der Waals surface area contributed by atoms with Crippen LogP contribution >= 0.6 is 20.2 Å². The second kappa shape index (κ2) is 18.3. The first-order valence-electron chi connectivity index (χ1n) is 13.6. The molecule has 9 heteroatoms. The van der Waals surface area contributed by atoms with Gasteiger partial charge >= 0.3 is 0 Å². The predicted octanol–water partition coefficient (Wildman–Crippen LogP) is 7.26. The Bertz CT molecular complexity index is 518. The lowest BCUT2D eigenvalue weighted by atomic mass is 9.90. The fourth-order valence-electron chi connectivity index (χ4n) is 4.27. The average molecular weight is 538 g/mol. The zero-order chi connectivity index (χ0) is 27.2. The third kappa shape index (κ3) is 12.4. The molecule has 0 aliphatic rings. The summed E-state index contributed by atoms with van der Waals surface area (Å²) in [7, 11) is -1.00. The first-order valence-corrected chi connectivity index (χ1v) is 15.7. The van der Waals surface area contributed by atoms with Gasteiger partial charge in [-0.3, -0.25) is 4.79 Å². The van der Waals surface area contributed by atoms with Gasteiger partial charge in [0.05, 0.1) is 6.61 Å². The fourth-order valence-corrected chi connectivity index (χ4v) is 7.27. The van der Waals surface area contributed by atoms with Crippen LogP contribution in [0.3, 0.4) is 0 Å². The molecule has 0 saturated heterocycles. The maximum atomic E-state index is 12.5. The van der Waals surface area contributed by atoms with E-state index in [0.717, 1.165) is 19.3 Å². The van der Waals surface area contributed by atoms with E-state index in [0.29, 0.717) is 49.7 Å². The van der Waals surface area contributed by atoms with E-state index in [-0.39, 0.29) is 10.8 Å². The van der Waals surface area contributed by atoms with E-state index >= 15 is 0 Å². The molecule has 0 aromatic rings. The Morgan fingerprint density at radius 1 is 0.829 bits per heavy atom. The molecule has 0 aliphatic carbocycles. The van der Waals surface area contributed by atoms with E-state index < -0.39 is 14.7 Å². The van der Waals surface area contributed by atoms with Crippen molar-refractivity contribution in [3.63, 3.8) is 0 Å². The van der Waals surface area contributed by atoms with Crippen LogP contribution in [-0.2, 0) is 14.0 Å². The van der Waals surface area contributed by atoms with E-state index in [1.165, 1.54) is 11.8 Å². The summed E-state index contributed by atoms with van der Waals surface area (Å²) in [5.41, 5.74) is -0.110. The number of nitrogens with one attached hydrogen (secondary N) is 1. The van der Waals surface area contributed by atoms with Gasteiger partial charge in [0.25, 0.3) is 5.24 Å². The van der Waals surface area contributed by atoms with E-state index in [2.05, 4.69) is 90.8 Å². The molecule has 0 heterocycles. The number of thioether (sulfide) groups is 1. The average Bonchev–Trinajstić information content (AvgIpc) is 2.77. The van der Waals surface area contributed by atoms with Crippen molar-refractivity contribution < 1.29 is 18.8 Å². The van der Waals surface area contributed by atoms with Gasteiger partial charge < -0.3 is 19.3 Å². The third-order valence-electron chi connectivity index (χ3n) is 6.21. The number of ether oxygens (including phenoxy) is 2. The normalized spacial score (nSPS) is 13.9. The van der Waals surface area contributed by atoms with Gasteiger partial charge in [0.2, 0.25) is 0 Å². The Hall–Kier alpha value is 0.0500. The molecule has 0 saturated carbocycles. The first-order chi connectivity index (χ1) is 16.4. The number of carbonyl (C=O) groups is 1. The van der Waals surface area contributed by atoms with Crippen LogP contribution in [0.2, 0.25) is 0 Å². The van der Waals surface area contributed by atoms with Crippen LogP contribution in [0.25, 0.3) is 0 Å². The molecule has 0 bridgehead atoms. The molecule has 0 aromatic carbocycles. The van der Waals surface area contributed by atoms with Crippen LogP contribution < -0.4 is 5.32 Å². The third-order valence-corrected chi connectivity index (χ3v) is 9.96. The van der Waals surface area contributed by atoms with Crippen molar-refractivity contribution in [1.82, 2.24) is 14.7 Å². The van der Waals surface area contributed by atoms with Gasteiger partial charge in [-0.15, -0.1) is 0 Å². The SMILES string of the molecule is CCOC(COP(N(C(C)C)C(C)C)N(C(C)C)C(C)C)OCCSC(=O)NC(CC)(CC)CC. The second-order valence-corrected chi connectivity index (χ2v) is 12.8. The summed E-state index contributed by atoms with van der Waals surface area (Å²) in [5.74, 6) is 0.575. The molecule has 0 radical (unpaired) electrons. The lowest BCUT2D eigenvalue weighted by Gasteiger charge is -2.45. The number of rotatable bonds is 19. The molecule has 1 amide bonds. The maximum absolute atomic E-state index is 12.5. The van der Waals surface area contributed by atoms with Crippen LogP contribution in [0.4, 0.5) is 4.79 Å². The number of amides is 1. The van der Waals surface area contributed by atoms with Gasteiger partial charge in [0, 0.05) is 42.1 Å². The Morgan fingerprint density at radius 2 is 1.29 bits per heavy atom. The Labute approximate surface area is 222 Å². The Kier molecular flexibility index (Phi) is 18.4. The number of hydrogen-bond donors (Lipinski definition) is 1. The monoisotopic (exact) mass is 537 g/mol. The minimum atomic E-state index is -1.00. The van der Waals surface area contributed by atoms with Crippen molar-refractivity contribution in [2.75, 3.05) is 25.6 Å². The van der Waals surface area contributed by atoms with E-state index in [1.54, 1.807) is 0 Å². The Balaban J connectivity index is 5.12. The van der Waals surface area contributed by atoms with Gasteiger partial charge in [-0.25, -0.2) is 9.34 Å². The standard InChI is InChI=1S/C26H56N3O4PS/c1-13-26(14-2,15-3)27-25(30)35-18-17-32-24(31-16-4)19-33-34(28(20(5)6)21(7)8)29(22(9)10)23(11)12/h20-24H,13-19H2,1-12H3,(H,27,30). The quantitative estimate of drug-likeness (QED) is 0.106. The smallest absolute Gasteiger partial charge is 0.279 e. The van der Waals surface area contributed by atoms with Crippen molar-refractivity contribution in [3.05, 3.63) is 0 Å². The van der Waals surface area contributed by atoms with Crippen molar-refractivity contribution in [1.29, 1.82) is 0 Å². The number of nitrogens with zero attached hydrogens (tertiary/aromatic N) is 2. The highest BCUT2D eigenvalue weighted by Gasteiger charge is 2.35. The largest absolute Gasteiger partial charge is 0.351 e. The lowest BCUT2D eigenvalue weighted by Crippen LogP contribution is -2.45. The maximum Gasteiger partial charge on any atom is 0.279 e. The zero-order valence-electron chi connectivity index (χ0n) is 24.7. The van der Waals surface area contributed by atoms with Crippen LogP contribution in [0.5, 0.6) is 0 Å². The summed E-state index contributed by atoms with van der Waals surface area (Å²) in [5, 5.41) is 3.22.